The van der Waals surface area contributed by atoms with Gasteiger partial charge in [0.25, 0.3) is 0 Å². The van der Waals surface area contributed by atoms with E-state index in [4.69, 9.17) is 10.8 Å². The number of nitrogens with two attached hydrogens (primary N) is 1. The van der Waals surface area contributed by atoms with Crippen LogP contribution < -0.4 is 11.1 Å². The van der Waals surface area contributed by atoms with E-state index in [2.05, 4.69) is 5.32 Å². The Morgan fingerprint density at radius 1 is 1.53 bits per heavy atom. The third-order valence-electron chi connectivity index (χ3n) is 2.27. The smallest absolute Gasteiger partial charge is 0.308 e. The van der Waals surface area contributed by atoms with Gasteiger partial charge in [-0.05, 0) is 18.2 Å². The molecule has 1 amide bonds. The van der Waals surface area contributed by atoms with Gasteiger partial charge < -0.3 is 16.2 Å². The molecule has 1 atom stereocenters. The predicted molar refractivity (Wildman–Crippen MR) is 60.2 cm³/mol. The van der Waals surface area contributed by atoms with Crippen molar-refractivity contribution >= 4 is 17.6 Å². The molecule has 0 radical (unpaired) electrons. The second-order valence-corrected chi connectivity index (χ2v) is 3.68. The summed E-state index contributed by atoms with van der Waals surface area (Å²) in [6, 6.07) is 3.74. The van der Waals surface area contributed by atoms with Crippen molar-refractivity contribution in [2.75, 3.05) is 11.9 Å². The van der Waals surface area contributed by atoms with Gasteiger partial charge in [0.2, 0.25) is 5.91 Å². The zero-order chi connectivity index (χ0) is 13.0. The van der Waals surface area contributed by atoms with Crippen molar-refractivity contribution in [3.63, 3.8) is 0 Å². The number of anilines is 1. The minimum atomic E-state index is -0.966. The van der Waals surface area contributed by atoms with Crippen LogP contribution in [0.2, 0.25) is 0 Å². The van der Waals surface area contributed by atoms with Crippen molar-refractivity contribution in [2.45, 2.75) is 6.92 Å². The van der Waals surface area contributed by atoms with Gasteiger partial charge in [-0.3, -0.25) is 9.59 Å². The van der Waals surface area contributed by atoms with Crippen LogP contribution in [-0.4, -0.2) is 23.5 Å². The average molecular weight is 240 g/mol. The molecule has 1 aromatic carbocycles. The summed E-state index contributed by atoms with van der Waals surface area (Å²) in [5, 5.41) is 11.3. The number of rotatable bonds is 5. The fraction of sp³-hybridized carbons (Fsp3) is 0.273. The first-order chi connectivity index (χ1) is 7.91. The Morgan fingerprint density at radius 3 is 2.65 bits per heavy atom. The van der Waals surface area contributed by atoms with Crippen molar-refractivity contribution in [1.82, 2.24) is 0 Å². The molecule has 1 unspecified atom stereocenters. The van der Waals surface area contributed by atoms with Gasteiger partial charge in [-0.15, -0.1) is 0 Å². The largest absolute Gasteiger partial charge is 0.481 e. The van der Waals surface area contributed by atoms with Gasteiger partial charge >= 0.3 is 5.97 Å². The summed E-state index contributed by atoms with van der Waals surface area (Å²) >= 11 is 0. The number of nitrogens with one attached hydrogen (secondary N) is 1. The molecule has 1 rings (SSSR count). The van der Waals surface area contributed by atoms with Gasteiger partial charge in [0.15, 0.2) is 0 Å². The normalized spacial score (nSPS) is 11.9. The molecule has 0 saturated carbocycles. The van der Waals surface area contributed by atoms with E-state index in [1.807, 2.05) is 0 Å². The van der Waals surface area contributed by atoms with Crippen LogP contribution in [0.4, 0.5) is 10.1 Å². The molecule has 0 spiro atoms. The molecule has 0 saturated heterocycles. The maximum absolute atomic E-state index is 13.4. The SMILES string of the molecule is CC(CNc1ccc(C(N)=O)cc1F)C(=O)O. The highest BCUT2D eigenvalue weighted by Crippen LogP contribution is 2.16. The van der Waals surface area contributed by atoms with Gasteiger partial charge in [0, 0.05) is 12.1 Å². The lowest BCUT2D eigenvalue weighted by molar-refractivity contribution is -0.140. The first kappa shape index (κ1) is 13.0. The topological polar surface area (TPSA) is 92.4 Å². The molecule has 17 heavy (non-hydrogen) atoms. The number of carbonyl (C=O) groups excluding carboxylic acids is 1. The number of carboxylic acids is 1. The molecular formula is C11H13FN2O3. The predicted octanol–water partition coefficient (Wildman–Crippen LogP) is 1.06. The maximum Gasteiger partial charge on any atom is 0.308 e. The lowest BCUT2D eigenvalue weighted by atomic mass is 10.1. The minimum Gasteiger partial charge on any atom is -0.481 e. The van der Waals surface area contributed by atoms with Crippen LogP contribution in [-0.2, 0) is 4.79 Å². The van der Waals surface area contributed by atoms with Gasteiger partial charge in [-0.2, -0.15) is 0 Å². The molecule has 5 nitrogen and oxygen atoms in total. The van der Waals surface area contributed by atoms with E-state index in [0.717, 1.165) is 6.07 Å². The molecule has 92 valence electrons. The van der Waals surface area contributed by atoms with E-state index in [9.17, 15) is 14.0 Å². The van der Waals surface area contributed by atoms with Crippen molar-refractivity contribution in [3.8, 4) is 0 Å². The highest BCUT2D eigenvalue weighted by Gasteiger charge is 2.12. The van der Waals surface area contributed by atoms with Crippen molar-refractivity contribution in [3.05, 3.63) is 29.6 Å². The first-order valence-electron chi connectivity index (χ1n) is 4.98. The molecule has 4 N–H and O–H groups in total. The molecule has 0 bridgehead atoms. The Hall–Kier alpha value is -2.11. The number of primary amides is 1. The van der Waals surface area contributed by atoms with Gasteiger partial charge in [-0.1, -0.05) is 6.92 Å². The summed E-state index contributed by atoms with van der Waals surface area (Å²) in [5.41, 5.74) is 5.20. The number of amides is 1. The number of carbonyl (C=O) groups is 2. The zero-order valence-corrected chi connectivity index (χ0v) is 9.24. The molecular weight excluding hydrogens is 227 g/mol. The van der Waals surface area contributed by atoms with Crippen LogP contribution in [0.1, 0.15) is 17.3 Å². The second kappa shape index (κ2) is 5.29. The molecule has 0 aliphatic carbocycles. The quantitative estimate of drug-likeness (QED) is 0.717. The highest BCUT2D eigenvalue weighted by molar-refractivity contribution is 5.93. The van der Waals surface area contributed by atoms with Crippen molar-refractivity contribution in [2.24, 2.45) is 11.7 Å². The molecule has 0 aliphatic rings. The van der Waals surface area contributed by atoms with Crippen molar-refractivity contribution in [1.29, 1.82) is 0 Å². The molecule has 6 heteroatoms. The Morgan fingerprint density at radius 2 is 2.18 bits per heavy atom. The fourth-order valence-corrected chi connectivity index (χ4v) is 1.16. The van der Waals surface area contributed by atoms with Crippen LogP contribution in [0.25, 0.3) is 0 Å². The first-order valence-corrected chi connectivity index (χ1v) is 4.98. The lowest BCUT2D eigenvalue weighted by Crippen LogP contribution is -2.20. The molecule has 0 heterocycles. The molecule has 1 aromatic rings. The average Bonchev–Trinajstić information content (AvgIpc) is 2.26. The molecule has 0 fully saturated rings. The standard InChI is InChI=1S/C11H13FN2O3/c1-6(11(16)17)5-14-9-3-2-7(10(13)15)4-8(9)12/h2-4,6,14H,5H2,1H3,(H2,13,15)(H,16,17). The maximum atomic E-state index is 13.4. The van der Waals surface area contributed by atoms with E-state index in [1.54, 1.807) is 0 Å². The van der Waals surface area contributed by atoms with E-state index in [0.29, 0.717) is 0 Å². The van der Waals surface area contributed by atoms with Crippen LogP contribution in [0.15, 0.2) is 18.2 Å². The van der Waals surface area contributed by atoms with Gasteiger partial charge in [0.05, 0.1) is 11.6 Å². The third-order valence-corrected chi connectivity index (χ3v) is 2.27. The van der Waals surface area contributed by atoms with Gasteiger partial charge in [0.1, 0.15) is 5.82 Å². The minimum absolute atomic E-state index is 0.0688. The summed E-state index contributed by atoms with van der Waals surface area (Å²) in [4.78, 5) is 21.3. The summed E-state index contributed by atoms with van der Waals surface area (Å²) in [6.45, 7) is 1.60. The number of benzene rings is 1. The summed E-state index contributed by atoms with van der Waals surface area (Å²) in [7, 11) is 0. The van der Waals surface area contributed by atoms with Crippen LogP contribution in [0, 0.1) is 11.7 Å². The third kappa shape index (κ3) is 3.44. The lowest BCUT2D eigenvalue weighted by Gasteiger charge is -2.10. The number of aliphatic carboxylic acids is 1. The van der Waals surface area contributed by atoms with Gasteiger partial charge in [-0.25, -0.2) is 4.39 Å². The number of halogens is 1. The second-order valence-electron chi connectivity index (χ2n) is 3.68. The van der Waals surface area contributed by atoms with Crippen LogP contribution in [0.5, 0.6) is 0 Å². The fourth-order valence-electron chi connectivity index (χ4n) is 1.16. The Kier molecular flexibility index (Phi) is 4.03. The van der Waals surface area contributed by atoms with E-state index in [-0.39, 0.29) is 17.8 Å². The summed E-state index contributed by atoms with van der Waals surface area (Å²) in [6.07, 6.45) is 0. The van der Waals surface area contributed by atoms with E-state index in [1.165, 1.54) is 19.1 Å². The monoisotopic (exact) mass is 240 g/mol. The number of hydrogen-bond acceptors (Lipinski definition) is 3. The van der Waals surface area contributed by atoms with Crippen LogP contribution >= 0.6 is 0 Å². The number of hydrogen-bond donors (Lipinski definition) is 3. The van der Waals surface area contributed by atoms with Crippen LogP contribution in [0.3, 0.4) is 0 Å². The molecule has 0 aliphatic heterocycles. The number of carboxylic acid groups (broad SMARTS) is 1. The van der Waals surface area contributed by atoms with E-state index >= 15 is 0 Å². The summed E-state index contributed by atoms with van der Waals surface area (Å²) in [5.74, 6) is -2.95. The summed E-state index contributed by atoms with van der Waals surface area (Å²) < 4.78 is 13.4. The molecule has 0 aromatic heterocycles. The van der Waals surface area contributed by atoms with E-state index < -0.39 is 23.6 Å². The highest BCUT2D eigenvalue weighted by atomic mass is 19.1. The Balaban J connectivity index is 2.73. The zero-order valence-electron chi connectivity index (χ0n) is 9.24. The van der Waals surface area contributed by atoms with Crippen molar-refractivity contribution < 1.29 is 19.1 Å². The Labute approximate surface area is 97.4 Å². The Bertz CT molecular complexity index is 448.